The number of carboxylic acids is 1. The summed E-state index contributed by atoms with van der Waals surface area (Å²) in [4.78, 5) is 10.3. The van der Waals surface area contributed by atoms with E-state index in [1.165, 1.54) is 44.9 Å². The van der Waals surface area contributed by atoms with Gasteiger partial charge in [-0.05, 0) is 31.1 Å². The molecule has 17 heavy (non-hydrogen) atoms. The smallest absolute Gasteiger partial charge is 0.303 e. The van der Waals surface area contributed by atoms with Gasteiger partial charge in [-0.3, -0.25) is 4.79 Å². The molecule has 0 saturated heterocycles. The maximum absolute atomic E-state index is 10.3. The highest BCUT2D eigenvalue weighted by molar-refractivity contribution is 5.66. The lowest BCUT2D eigenvalue weighted by Gasteiger charge is -2.17. The summed E-state index contributed by atoms with van der Waals surface area (Å²) in [5.74, 6) is 1.13. The Kier molecular flexibility index (Phi) is 6.99. The molecule has 0 bridgehead atoms. The molecule has 0 heterocycles. The summed E-state index contributed by atoms with van der Waals surface area (Å²) in [5.41, 5.74) is 0. The standard InChI is InChI=1S/C15H26O2/c1-2-8-13-10-7-11-14(13)9-5-3-4-6-12-15(16)17/h2,13-14H,1,3-12H2,(H,16,17). The molecular formula is C15H26O2. The van der Waals surface area contributed by atoms with Crippen molar-refractivity contribution in [1.29, 1.82) is 0 Å². The summed E-state index contributed by atoms with van der Waals surface area (Å²) >= 11 is 0. The third kappa shape index (κ3) is 5.90. The number of carboxylic acid groups (broad SMARTS) is 1. The molecule has 1 aliphatic rings. The zero-order valence-corrected chi connectivity index (χ0v) is 10.9. The van der Waals surface area contributed by atoms with Gasteiger partial charge in [-0.25, -0.2) is 0 Å². The molecule has 1 rings (SSSR count). The van der Waals surface area contributed by atoms with Crippen LogP contribution >= 0.6 is 0 Å². The quantitative estimate of drug-likeness (QED) is 0.477. The van der Waals surface area contributed by atoms with E-state index < -0.39 is 5.97 Å². The Bertz CT molecular complexity index is 235. The summed E-state index contributed by atoms with van der Waals surface area (Å²) in [6.45, 7) is 3.84. The lowest BCUT2D eigenvalue weighted by Crippen LogP contribution is -2.06. The normalized spacial score (nSPS) is 23.8. The molecule has 0 aromatic heterocycles. The van der Waals surface area contributed by atoms with E-state index in [1.54, 1.807) is 0 Å². The van der Waals surface area contributed by atoms with Crippen LogP contribution < -0.4 is 0 Å². The summed E-state index contributed by atoms with van der Waals surface area (Å²) in [5, 5.41) is 8.53. The molecule has 0 spiro atoms. The molecule has 2 heteroatoms. The van der Waals surface area contributed by atoms with Crippen molar-refractivity contribution in [2.24, 2.45) is 11.8 Å². The summed E-state index contributed by atoms with van der Waals surface area (Å²) in [6.07, 6.45) is 13.5. The Labute approximate surface area is 105 Å². The molecule has 98 valence electrons. The Balaban J connectivity index is 2.01. The second-order valence-electron chi connectivity index (χ2n) is 5.32. The van der Waals surface area contributed by atoms with Gasteiger partial charge in [0.2, 0.25) is 0 Å². The fourth-order valence-electron chi connectivity index (χ4n) is 3.05. The third-order valence-corrected chi connectivity index (χ3v) is 4.00. The highest BCUT2D eigenvalue weighted by atomic mass is 16.4. The van der Waals surface area contributed by atoms with Crippen LogP contribution in [-0.4, -0.2) is 11.1 Å². The molecule has 2 atom stereocenters. The summed E-state index contributed by atoms with van der Waals surface area (Å²) in [6, 6.07) is 0. The fourth-order valence-corrected chi connectivity index (χ4v) is 3.05. The van der Waals surface area contributed by atoms with Crippen molar-refractivity contribution in [2.45, 2.75) is 64.2 Å². The largest absolute Gasteiger partial charge is 0.481 e. The minimum absolute atomic E-state index is 0.336. The molecular weight excluding hydrogens is 212 g/mol. The summed E-state index contributed by atoms with van der Waals surface area (Å²) in [7, 11) is 0. The van der Waals surface area contributed by atoms with Crippen LogP contribution in [0.15, 0.2) is 12.7 Å². The van der Waals surface area contributed by atoms with Crippen molar-refractivity contribution in [1.82, 2.24) is 0 Å². The van der Waals surface area contributed by atoms with Crippen LogP contribution in [0, 0.1) is 11.8 Å². The third-order valence-electron chi connectivity index (χ3n) is 4.00. The van der Waals surface area contributed by atoms with Crippen LogP contribution in [0.2, 0.25) is 0 Å². The predicted molar refractivity (Wildman–Crippen MR) is 71.0 cm³/mol. The Morgan fingerprint density at radius 2 is 1.88 bits per heavy atom. The molecule has 1 saturated carbocycles. The van der Waals surface area contributed by atoms with Crippen LogP contribution in [0.1, 0.15) is 64.2 Å². The zero-order valence-electron chi connectivity index (χ0n) is 10.9. The van der Waals surface area contributed by atoms with Gasteiger partial charge < -0.3 is 5.11 Å². The molecule has 2 nitrogen and oxygen atoms in total. The minimum Gasteiger partial charge on any atom is -0.481 e. The maximum atomic E-state index is 10.3. The highest BCUT2D eigenvalue weighted by Crippen LogP contribution is 2.37. The molecule has 2 unspecified atom stereocenters. The van der Waals surface area contributed by atoms with E-state index in [-0.39, 0.29) is 0 Å². The van der Waals surface area contributed by atoms with Gasteiger partial charge in [0.15, 0.2) is 0 Å². The van der Waals surface area contributed by atoms with Gasteiger partial charge >= 0.3 is 5.97 Å². The van der Waals surface area contributed by atoms with E-state index in [0.717, 1.165) is 24.7 Å². The topological polar surface area (TPSA) is 37.3 Å². The van der Waals surface area contributed by atoms with Crippen molar-refractivity contribution >= 4 is 5.97 Å². The molecule has 1 fully saturated rings. The first kappa shape index (κ1) is 14.3. The summed E-state index contributed by atoms with van der Waals surface area (Å²) < 4.78 is 0. The molecule has 1 aliphatic carbocycles. The number of carbonyl (C=O) groups is 1. The van der Waals surface area contributed by atoms with Gasteiger partial charge in [-0.1, -0.05) is 44.6 Å². The first-order valence-corrected chi connectivity index (χ1v) is 7.06. The molecule has 0 radical (unpaired) electrons. The predicted octanol–water partition coefficient (Wildman–Crippen LogP) is 4.40. The van der Waals surface area contributed by atoms with Gasteiger partial charge in [-0.15, -0.1) is 6.58 Å². The highest BCUT2D eigenvalue weighted by Gasteiger charge is 2.25. The first-order chi connectivity index (χ1) is 8.24. The van der Waals surface area contributed by atoms with Crippen molar-refractivity contribution < 1.29 is 9.90 Å². The van der Waals surface area contributed by atoms with E-state index in [0.29, 0.717) is 6.42 Å². The molecule has 0 amide bonds. The van der Waals surface area contributed by atoms with Crippen LogP contribution in [-0.2, 0) is 4.79 Å². The van der Waals surface area contributed by atoms with Gasteiger partial charge in [-0.2, -0.15) is 0 Å². The monoisotopic (exact) mass is 238 g/mol. The van der Waals surface area contributed by atoms with E-state index in [4.69, 9.17) is 5.11 Å². The number of hydrogen-bond acceptors (Lipinski definition) is 1. The van der Waals surface area contributed by atoms with Gasteiger partial charge in [0.1, 0.15) is 0 Å². The number of rotatable bonds is 9. The number of unbranched alkanes of at least 4 members (excludes halogenated alkanes) is 3. The average Bonchev–Trinajstić information content (AvgIpc) is 2.71. The second kappa shape index (κ2) is 8.32. The fraction of sp³-hybridized carbons (Fsp3) is 0.800. The van der Waals surface area contributed by atoms with Gasteiger partial charge in [0.05, 0.1) is 0 Å². The van der Waals surface area contributed by atoms with Crippen LogP contribution in [0.3, 0.4) is 0 Å². The van der Waals surface area contributed by atoms with Crippen LogP contribution in [0.4, 0.5) is 0 Å². The van der Waals surface area contributed by atoms with Gasteiger partial charge in [0, 0.05) is 6.42 Å². The number of aliphatic carboxylic acids is 1. The van der Waals surface area contributed by atoms with Gasteiger partial charge in [0.25, 0.3) is 0 Å². The average molecular weight is 238 g/mol. The zero-order chi connectivity index (χ0) is 12.5. The number of hydrogen-bond donors (Lipinski definition) is 1. The van der Waals surface area contributed by atoms with E-state index in [1.807, 2.05) is 0 Å². The molecule has 0 aromatic carbocycles. The maximum Gasteiger partial charge on any atom is 0.303 e. The van der Waals surface area contributed by atoms with Crippen molar-refractivity contribution in [3.8, 4) is 0 Å². The van der Waals surface area contributed by atoms with Crippen molar-refractivity contribution in [3.63, 3.8) is 0 Å². The minimum atomic E-state index is -0.660. The Morgan fingerprint density at radius 1 is 1.18 bits per heavy atom. The second-order valence-corrected chi connectivity index (χ2v) is 5.32. The van der Waals surface area contributed by atoms with Crippen LogP contribution in [0.5, 0.6) is 0 Å². The Hall–Kier alpha value is -0.790. The first-order valence-electron chi connectivity index (χ1n) is 7.06. The SMILES string of the molecule is C=CCC1CCCC1CCCCCCC(=O)O. The van der Waals surface area contributed by atoms with Crippen LogP contribution in [0.25, 0.3) is 0 Å². The van der Waals surface area contributed by atoms with E-state index in [9.17, 15) is 4.79 Å². The van der Waals surface area contributed by atoms with Crippen molar-refractivity contribution in [2.75, 3.05) is 0 Å². The van der Waals surface area contributed by atoms with E-state index >= 15 is 0 Å². The lowest BCUT2D eigenvalue weighted by atomic mass is 9.88. The lowest BCUT2D eigenvalue weighted by molar-refractivity contribution is -0.137. The molecule has 0 aliphatic heterocycles. The van der Waals surface area contributed by atoms with E-state index in [2.05, 4.69) is 12.7 Å². The molecule has 1 N–H and O–H groups in total. The number of allylic oxidation sites excluding steroid dienone is 1. The van der Waals surface area contributed by atoms with Crippen molar-refractivity contribution in [3.05, 3.63) is 12.7 Å². The molecule has 0 aromatic rings. The Morgan fingerprint density at radius 3 is 2.59 bits per heavy atom.